The van der Waals surface area contributed by atoms with Gasteiger partial charge in [-0.15, -0.1) is 23.5 Å². The molecular weight excluding hydrogens is 980 g/mol. The molecule has 0 aliphatic carbocycles. The first-order valence-corrected chi connectivity index (χ1v) is 26.0. The Hall–Kier alpha value is -6.29. The van der Waals surface area contributed by atoms with E-state index < -0.39 is 18.7 Å². The summed E-state index contributed by atoms with van der Waals surface area (Å²) in [5.41, 5.74) is 6.95. The van der Waals surface area contributed by atoms with Crippen LogP contribution in [0.5, 0.6) is 5.88 Å². The number of anilines is 3. The minimum Gasteiger partial charge on any atom is -0.468 e. The van der Waals surface area contributed by atoms with Crippen molar-refractivity contribution in [1.82, 2.24) is 20.9 Å². The Morgan fingerprint density at radius 1 is 0.534 bits per heavy atom. The van der Waals surface area contributed by atoms with Crippen LogP contribution < -0.4 is 36.6 Å². The number of carbonyl (C=O) groups excluding carboxylic acids is 3. The summed E-state index contributed by atoms with van der Waals surface area (Å²) < 4.78 is 58.0. The highest BCUT2D eigenvalue weighted by atomic mass is 32.2. The van der Waals surface area contributed by atoms with Crippen molar-refractivity contribution >= 4 is 58.3 Å². The highest BCUT2D eigenvalue weighted by Crippen LogP contribution is 2.25. The molecule has 5 aromatic carbocycles. The van der Waals surface area contributed by atoms with Gasteiger partial charge >= 0.3 is 6.18 Å². The molecule has 14 nitrogen and oxygen atoms in total. The highest BCUT2D eigenvalue weighted by molar-refractivity contribution is 7.98. The number of alkyl halides is 3. The number of thioether (sulfide) groups is 2. The largest absolute Gasteiger partial charge is 0.468 e. The van der Waals surface area contributed by atoms with E-state index in [0.717, 1.165) is 96.5 Å². The summed E-state index contributed by atoms with van der Waals surface area (Å²) in [4.78, 5) is 42.7. The molecule has 0 bridgehead atoms. The van der Waals surface area contributed by atoms with Gasteiger partial charge in [0.2, 0.25) is 5.88 Å². The normalized spacial score (nSPS) is 17.6. The first-order valence-electron chi connectivity index (χ1n) is 23.6. The molecule has 0 radical (unpaired) electrons. The third kappa shape index (κ3) is 17.4. The maximum absolute atomic E-state index is 12.2. The molecule has 1 aromatic heterocycles. The summed E-state index contributed by atoms with van der Waals surface area (Å²) in [6, 6.07) is 40.7. The molecule has 19 heteroatoms. The summed E-state index contributed by atoms with van der Waals surface area (Å²) >= 11 is 3.32. The van der Waals surface area contributed by atoms with E-state index >= 15 is 0 Å². The number of rotatable bonds is 13. The number of ether oxygens (including phenoxy) is 4. The zero-order valence-electron chi connectivity index (χ0n) is 40.3. The summed E-state index contributed by atoms with van der Waals surface area (Å²) in [6.45, 7) is 5.71. The Labute approximate surface area is 431 Å². The van der Waals surface area contributed by atoms with Gasteiger partial charge in [0.05, 0.1) is 43.7 Å². The first kappa shape index (κ1) is 54.5. The van der Waals surface area contributed by atoms with Gasteiger partial charge in [0.25, 0.3) is 17.7 Å². The van der Waals surface area contributed by atoms with Crippen LogP contribution in [0.3, 0.4) is 0 Å². The Kier molecular flexibility index (Phi) is 20.7. The molecular formula is C54H58F3N7O7S2. The van der Waals surface area contributed by atoms with Gasteiger partial charge in [-0.25, -0.2) is 4.98 Å². The van der Waals surface area contributed by atoms with Crippen molar-refractivity contribution < 1.29 is 46.5 Å². The molecule has 3 aliphatic heterocycles. The first-order chi connectivity index (χ1) is 35.4. The van der Waals surface area contributed by atoms with E-state index in [1.54, 1.807) is 35.7 Å². The second-order valence-corrected chi connectivity index (χ2v) is 18.4. The Bertz CT molecular complexity index is 2530. The van der Waals surface area contributed by atoms with Gasteiger partial charge in [0.1, 0.15) is 0 Å². The lowest BCUT2D eigenvalue weighted by Crippen LogP contribution is -2.33. The number of pyridine rings is 1. The van der Waals surface area contributed by atoms with E-state index in [1.807, 2.05) is 122 Å². The molecule has 0 unspecified atom stereocenters. The van der Waals surface area contributed by atoms with Crippen LogP contribution in [0.25, 0.3) is 0 Å². The Morgan fingerprint density at radius 3 is 1.16 bits per heavy atom. The van der Waals surface area contributed by atoms with Crippen LogP contribution in [0.2, 0.25) is 0 Å². The number of benzene rings is 5. The van der Waals surface area contributed by atoms with Crippen molar-refractivity contribution in [1.29, 1.82) is 0 Å². The predicted octanol–water partition coefficient (Wildman–Crippen LogP) is 9.58. The van der Waals surface area contributed by atoms with Crippen molar-refractivity contribution in [2.45, 2.75) is 34.3 Å². The molecule has 0 saturated carbocycles. The molecule has 3 fully saturated rings. The average Bonchev–Trinajstić information content (AvgIpc) is 3.44. The van der Waals surface area contributed by atoms with E-state index in [2.05, 4.69) is 41.6 Å². The topological polar surface area (TPSA) is 173 Å². The number of nitrogens with zero attached hydrogens (tertiary/aromatic N) is 1. The summed E-state index contributed by atoms with van der Waals surface area (Å²) in [5, 5.41) is 18.4. The molecule has 0 spiro atoms. The van der Waals surface area contributed by atoms with E-state index in [0.29, 0.717) is 23.4 Å². The van der Waals surface area contributed by atoms with E-state index in [4.69, 9.17) is 14.2 Å². The lowest BCUT2D eigenvalue weighted by atomic mass is 10.1. The maximum Gasteiger partial charge on any atom is 0.422 e. The van der Waals surface area contributed by atoms with Gasteiger partial charge in [-0.1, -0.05) is 36.4 Å². The summed E-state index contributed by atoms with van der Waals surface area (Å²) in [6.07, 6.45) is 0.918. The van der Waals surface area contributed by atoms with Gasteiger partial charge in [-0.05, 0) is 120 Å². The molecule has 4 heterocycles. The van der Waals surface area contributed by atoms with Crippen molar-refractivity contribution in [2.24, 2.45) is 0 Å². The van der Waals surface area contributed by atoms with Crippen molar-refractivity contribution in [3.63, 3.8) is 0 Å². The molecule has 3 aliphatic rings. The van der Waals surface area contributed by atoms with Crippen LogP contribution in [0.4, 0.5) is 30.2 Å². The molecule has 73 heavy (non-hydrogen) atoms. The number of carbonyl (C=O) groups is 3. The summed E-state index contributed by atoms with van der Waals surface area (Å²) in [7, 11) is 0. The van der Waals surface area contributed by atoms with Crippen molar-refractivity contribution in [3.8, 4) is 5.88 Å². The third-order valence-corrected chi connectivity index (χ3v) is 13.0. The van der Waals surface area contributed by atoms with Crippen LogP contribution in [0.1, 0.15) is 66.1 Å². The van der Waals surface area contributed by atoms with E-state index in [-0.39, 0.29) is 41.6 Å². The van der Waals surface area contributed by atoms with Gasteiger partial charge in [0, 0.05) is 89.5 Å². The van der Waals surface area contributed by atoms with Crippen LogP contribution in [-0.2, 0) is 14.2 Å². The number of aromatic nitrogens is 1. The molecule has 6 aromatic rings. The SMILES string of the molecule is CSc1ccc(C(=O)Nc2ccc([C@@H]3CNCCO3)cc2)cc1.CSc1ccc(C(=O)Nc2ccc([C@H]3CNCCO3)cc2)cc1.O=C(Nc1ccc([C@@H]2CNCCO2)cc1)c1ccc(OCC(F)(F)F)nc1. The number of morpholine rings is 3. The molecule has 3 atom stereocenters. The van der Waals surface area contributed by atoms with Gasteiger partial charge in [0.15, 0.2) is 6.61 Å². The summed E-state index contributed by atoms with van der Waals surface area (Å²) in [5.74, 6) is -0.815. The predicted molar refractivity (Wildman–Crippen MR) is 280 cm³/mol. The number of halogens is 3. The highest BCUT2D eigenvalue weighted by Gasteiger charge is 2.29. The van der Waals surface area contributed by atoms with Gasteiger partial charge < -0.3 is 50.8 Å². The molecule has 3 saturated heterocycles. The van der Waals surface area contributed by atoms with E-state index in [1.165, 1.54) is 12.1 Å². The number of hydrogen-bond donors (Lipinski definition) is 6. The molecule has 3 amide bonds. The van der Waals surface area contributed by atoms with Crippen LogP contribution >= 0.6 is 23.5 Å². The van der Waals surface area contributed by atoms with Crippen LogP contribution in [0, 0.1) is 0 Å². The van der Waals surface area contributed by atoms with Crippen molar-refractivity contribution in [3.05, 3.63) is 173 Å². The average molecular weight is 1040 g/mol. The third-order valence-electron chi connectivity index (χ3n) is 11.5. The Balaban J connectivity index is 0.000000161. The zero-order chi connectivity index (χ0) is 51.4. The fourth-order valence-electron chi connectivity index (χ4n) is 7.53. The van der Waals surface area contributed by atoms with Crippen LogP contribution in [-0.4, -0.2) is 107 Å². The monoisotopic (exact) mass is 1040 g/mol. The standard InChI is InChI=1S/C18H18F3N3O3.2C18H20N2O2S/c19-18(20,21)11-27-16-6-3-13(9-23-16)17(25)24-14-4-1-12(2-5-14)15-10-22-7-8-26-15;2*1-23-16-8-4-14(5-9-16)18(21)20-15-6-2-13(3-7-15)17-12-19-10-11-22-17/h1-6,9,15,22H,7-8,10-11H2,(H,24,25);2*2-9,17,19H,10-12H2,1H3,(H,20,21)/t15-;2*17-/m010/s1. The lowest BCUT2D eigenvalue weighted by Gasteiger charge is -2.24. The fraction of sp³-hybridized carbons (Fsp3) is 0.296. The number of nitrogens with one attached hydrogen (secondary N) is 6. The second-order valence-electron chi connectivity index (χ2n) is 16.7. The number of hydrogen-bond acceptors (Lipinski definition) is 13. The fourth-order valence-corrected chi connectivity index (χ4v) is 8.35. The minimum atomic E-state index is -4.44. The maximum atomic E-state index is 12.2. The molecule has 384 valence electrons. The van der Waals surface area contributed by atoms with Crippen LogP contribution in [0.15, 0.2) is 149 Å². The van der Waals surface area contributed by atoms with Gasteiger partial charge in [-0.3, -0.25) is 14.4 Å². The van der Waals surface area contributed by atoms with Crippen molar-refractivity contribution in [2.75, 3.05) is 94.2 Å². The van der Waals surface area contributed by atoms with E-state index in [9.17, 15) is 27.6 Å². The quantitative estimate of drug-likeness (QED) is 0.0605. The Morgan fingerprint density at radius 2 is 0.877 bits per heavy atom. The lowest BCUT2D eigenvalue weighted by molar-refractivity contribution is -0.154. The van der Waals surface area contributed by atoms with Gasteiger partial charge in [-0.2, -0.15) is 13.2 Å². The zero-order valence-corrected chi connectivity index (χ0v) is 42.0. The minimum absolute atomic E-state index is 0.0167. The molecule has 6 N–H and O–H groups in total. The second kappa shape index (κ2) is 27.7. The molecule has 9 rings (SSSR count). The smallest absolute Gasteiger partial charge is 0.422 e. The number of amides is 3.